The minimum Gasteiger partial charge on any atom is -0.465 e. The van der Waals surface area contributed by atoms with Gasteiger partial charge >= 0.3 is 5.97 Å². The Kier molecular flexibility index (Phi) is 6.82. The summed E-state index contributed by atoms with van der Waals surface area (Å²) in [4.78, 5) is 37.4. The van der Waals surface area contributed by atoms with Gasteiger partial charge in [0, 0.05) is 13.0 Å². The molecule has 0 heterocycles. The van der Waals surface area contributed by atoms with Crippen LogP contribution in [0.1, 0.15) is 49.4 Å². The number of methoxy groups -OCH3 is 1. The number of rotatable bonds is 5. The maximum Gasteiger partial charge on any atom is 0.337 e. The third-order valence-electron chi connectivity index (χ3n) is 4.31. The number of benzene rings is 1. The van der Waals surface area contributed by atoms with Crippen LogP contribution in [-0.2, 0) is 14.3 Å². The molecule has 136 valence electrons. The summed E-state index contributed by atoms with van der Waals surface area (Å²) < 4.78 is 4.69. The van der Waals surface area contributed by atoms with Gasteiger partial charge in [-0.25, -0.2) is 4.79 Å². The van der Waals surface area contributed by atoms with Gasteiger partial charge in [-0.05, 0) is 31.0 Å². The van der Waals surface area contributed by atoms with Gasteiger partial charge in [-0.15, -0.1) is 0 Å². The van der Waals surface area contributed by atoms with Crippen LogP contribution in [-0.4, -0.2) is 37.5 Å². The fourth-order valence-corrected chi connectivity index (χ4v) is 3.21. The van der Waals surface area contributed by atoms with Crippen LogP contribution in [0.25, 0.3) is 0 Å². The largest absolute Gasteiger partial charge is 0.465 e. The van der Waals surface area contributed by atoms with Crippen molar-refractivity contribution < 1.29 is 19.1 Å². The van der Waals surface area contributed by atoms with E-state index in [1.807, 2.05) is 0 Å². The highest BCUT2D eigenvalue weighted by Crippen LogP contribution is 2.27. The maximum absolute atomic E-state index is 12.3. The third kappa shape index (κ3) is 5.19. The summed E-state index contributed by atoms with van der Waals surface area (Å²) in [5.74, 6) is -1.10. The molecule has 1 aromatic carbocycles. The van der Waals surface area contributed by atoms with E-state index in [1.54, 1.807) is 0 Å². The molecule has 0 spiro atoms. The fourth-order valence-electron chi connectivity index (χ4n) is 2.99. The second-order valence-electron chi connectivity index (χ2n) is 6.17. The van der Waals surface area contributed by atoms with Gasteiger partial charge in [-0.1, -0.05) is 30.9 Å². The van der Waals surface area contributed by atoms with E-state index in [2.05, 4.69) is 10.1 Å². The molecule has 2 amide bonds. The summed E-state index contributed by atoms with van der Waals surface area (Å²) in [7, 11) is 1.27. The van der Waals surface area contributed by atoms with Crippen molar-refractivity contribution in [3.05, 3.63) is 28.8 Å². The first-order valence-corrected chi connectivity index (χ1v) is 8.75. The lowest BCUT2D eigenvalue weighted by atomic mass is 9.95. The van der Waals surface area contributed by atoms with Crippen molar-refractivity contribution in [1.82, 2.24) is 5.32 Å². The standard InChI is InChI=1S/C18H23ClN2O4/c1-12(22)21(11-17(23)20-14-6-4-3-5-7-14)16-10-13(18(24)25-2)8-9-15(16)19/h8-10,14H,3-7,11H2,1-2H3,(H,20,23). The minimum absolute atomic E-state index is 0.143. The molecule has 7 heteroatoms. The summed E-state index contributed by atoms with van der Waals surface area (Å²) in [6.45, 7) is 1.21. The van der Waals surface area contributed by atoms with Gasteiger partial charge in [0.25, 0.3) is 0 Å². The molecule has 25 heavy (non-hydrogen) atoms. The van der Waals surface area contributed by atoms with Crippen LogP contribution in [0.15, 0.2) is 18.2 Å². The molecule has 6 nitrogen and oxygen atoms in total. The first-order chi connectivity index (χ1) is 11.9. The zero-order valence-corrected chi connectivity index (χ0v) is 15.3. The van der Waals surface area contributed by atoms with Crippen molar-refractivity contribution in [1.29, 1.82) is 0 Å². The highest BCUT2D eigenvalue weighted by atomic mass is 35.5. The van der Waals surface area contributed by atoms with Gasteiger partial charge in [0.1, 0.15) is 6.54 Å². The Bertz CT molecular complexity index is 656. The molecule has 0 unspecified atom stereocenters. The lowest BCUT2D eigenvalue weighted by molar-refractivity contribution is -0.123. The van der Waals surface area contributed by atoms with E-state index in [0.717, 1.165) is 25.7 Å². The topological polar surface area (TPSA) is 75.7 Å². The number of ether oxygens (including phenoxy) is 1. The second kappa shape index (κ2) is 8.85. The van der Waals surface area contributed by atoms with Crippen molar-refractivity contribution in [3.63, 3.8) is 0 Å². The molecule has 1 N–H and O–H groups in total. The van der Waals surface area contributed by atoms with Gasteiger partial charge in [0.05, 0.1) is 23.4 Å². The first kappa shape index (κ1) is 19.2. The molecule has 1 aliphatic carbocycles. The number of nitrogens with one attached hydrogen (secondary N) is 1. The Hall–Kier alpha value is -2.08. The highest BCUT2D eigenvalue weighted by Gasteiger charge is 2.22. The van der Waals surface area contributed by atoms with Gasteiger partial charge in [-0.3, -0.25) is 9.59 Å². The average molecular weight is 367 g/mol. The number of halogens is 1. The van der Waals surface area contributed by atoms with E-state index >= 15 is 0 Å². The van der Waals surface area contributed by atoms with Gasteiger partial charge in [0.2, 0.25) is 11.8 Å². The van der Waals surface area contributed by atoms with Gasteiger partial charge in [0.15, 0.2) is 0 Å². The third-order valence-corrected chi connectivity index (χ3v) is 4.63. The van der Waals surface area contributed by atoms with E-state index in [9.17, 15) is 14.4 Å². The van der Waals surface area contributed by atoms with Crippen LogP contribution < -0.4 is 10.2 Å². The van der Waals surface area contributed by atoms with Crippen LogP contribution in [0.3, 0.4) is 0 Å². The molecule has 0 aromatic heterocycles. The second-order valence-corrected chi connectivity index (χ2v) is 6.57. The average Bonchev–Trinajstić information content (AvgIpc) is 2.60. The van der Waals surface area contributed by atoms with E-state index in [4.69, 9.17) is 11.6 Å². The number of anilines is 1. The quantitative estimate of drug-likeness (QED) is 0.813. The number of hydrogen-bond donors (Lipinski definition) is 1. The first-order valence-electron chi connectivity index (χ1n) is 8.37. The van der Waals surface area contributed by atoms with E-state index in [0.29, 0.717) is 5.69 Å². The maximum atomic E-state index is 12.3. The monoisotopic (exact) mass is 366 g/mol. The number of hydrogen-bond acceptors (Lipinski definition) is 4. The molecule has 1 saturated carbocycles. The molecule has 2 rings (SSSR count). The van der Waals surface area contributed by atoms with E-state index in [1.165, 1.54) is 43.6 Å². The van der Waals surface area contributed by atoms with Gasteiger partial charge < -0.3 is 15.0 Å². The molecular weight excluding hydrogens is 344 g/mol. The summed E-state index contributed by atoms with van der Waals surface area (Å²) in [5, 5.41) is 3.26. The van der Waals surface area contributed by atoms with Crippen LogP contribution in [0, 0.1) is 0 Å². The van der Waals surface area contributed by atoms with Crippen LogP contribution >= 0.6 is 11.6 Å². The molecule has 1 aromatic rings. The van der Waals surface area contributed by atoms with Crippen molar-refractivity contribution >= 4 is 35.1 Å². The molecule has 0 radical (unpaired) electrons. The summed E-state index contributed by atoms with van der Waals surface area (Å²) in [6, 6.07) is 4.64. The van der Waals surface area contributed by atoms with Crippen LogP contribution in [0.5, 0.6) is 0 Å². The highest BCUT2D eigenvalue weighted by molar-refractivity contribution is 6.34. The Morgan fingerprint density at radius 3 is 2.52 bits per heavy atom. The lowest BCUT2D eigenvalue weighted by Crippen LogP contribution is -2.44. The Morgan fingerprint density at radius 2 is 1.92 bits per heavy atom. The molecule has 1 aliphatic rings. The molecule has 0 saturated heterocycles. The number of nitrogens with zero attached hydrogens (tertiary/aromatic N) is 1. The number of esters is 1. The van der Waals surface area contributed by atoms with E-state index < -0.39 is 5.97 Å². The summed E-state index contributed by atoms with van der Waals surface area (Å²) in [5.41, 5.74) is 0.580. The van der Waals surface area contributed by atoms with Crippen molar-refractivity contribution in [3.8, 4) is 0 Å². The fraction of sp³-hybridized carbons (Fsp3) is 0.500. The molecule has 1 fully saturated rings. The Balaban J connectivity index is 2.15. The molecular formula is C18H23ClN2O4. The Morgan fingerprint density at radius 1 is 1.24 bits per heavy atom. The number of carbonyl (C=O) groups is 3. The van der Waals surface area contributed by atoms with Crippen LogP contribution in [0.2, 0.25) is 5.02 Å². The van der Waals surface area contributed by atoms with Crippen LogP contribution in [0.4, 0.5) is 5.69 Å². The predicted molar refractivity (Wildman–Crippen MR) is 95.8 cm³/mol. The number of carbonyl (C=O) groups excluding carboxylic acids is 3. The number of amides is 2. The summed E-state index contributed by atoms with van der Waals surface area (Å²) in [6.07, 6.45) is 5.33. The molecule has 0 aliphatic heterocycles. The SMILES string of the molecule is COC(=O)c1ccc(Cl)c(N(CC(=O)NC2CCCCC2)C(C)=O)c1. The predicted octanol–water partition coefficient (Wildman–Crippen LogP) is 2.93. The minimum atomic E-state index is -0.534. The molecule has 0 bridgehead atoms. The lowest BCUT2D eigenvalue weighted by Gasteiger charge is -2.26. The van der Waals surface area contributed by atoms with E-state index in [-0.39, 0.29) is 35.0 Å². The zero-order chi connectivity index (χ0) is 18.4. The Labute approximate surface area is 152 Å². The van der Waals surface area contributed by atoms with Crippen molar-refractivity contribution in [2.24, 2.45) is 0 Å². The smallest absolute Gasteiger partial charge is 0.337 e. The zero-order valence-electron chi connectivity index (χ0n) is 14.5. The van der Waals surface area contributed by atoms with Crippen molar-refractivity contribution in [2.45, 2.75) is 45.1 Å². The van der Waals surface area contributed by atoms with Gasteiger partial charge in [-0.2, -0.15) is 0 Å². The molecule has 0 atom stereocenters. The summed E-state index contributed by atoms with van der Waals surface area (Å²) >= 11 is 6.18. The normalized spacial score (nSPS) is 14.7. The van der Waals surface area contributed by atoms with Crippen molar-refractivity contribution in [2.75, 3.05) is 18.6 Å².